The molecule has 2 heterocycles. The van der Waals surface area contributed by atoms with Gasteiger partial charge in [-0.05, 0) is 18.9 Å². The van der Waals surface area contributed by atoms with Crippen molar-refractivity contribution in [2.24, 2.45) is 0 Å². The van der Waals surface area contributed by atoms with Gasteiger partial charge in [-0.15, -0.1) is 0 Å². The molecular formula is C13H20N6O. The van der Waals surface area contributed by atoms with Crippen LogP contribution >= 0.6 is 0 Å². The first-order chi connectivity index (χ1) is 9.61. The summed E-state index contributed by atoms with van der Waals surface area (Å²) in [7, 11) is 0. The summed E-state index contributed by atoms with van der Waals surface area (Å²) < 4.78 is 1.74. The lowest BCUT2D eigenvalue weighted by Crippen LogP contribution is -2.28. The van der Waals surface area contributed by atoms with Crippen LogP contribution in [0.25, 0.3) is 0 Å². The summed E-state index contributed by atoms with van der Waals surface area (Å²) in [6.07, 6.45) is 2.08. The minimum atomic E-state index is -0.106. The maximum absolute atomic E-state index is 12.2. The van der Waals surface area contributed by atoms with E-state index in [1.54, 1.807) is 4.68 Å². The lowest BCUT2D eigenvalue weighted by atomic mass is 10.1. The summed E-state index contributed by atoms with van der Waals surface area (Å²) in [6.45, 7) is 7.29. The molecule has 0 radical (unpaired) electrons. The molecule has 2 aromatic rings. The van der Waals surface area contributed by atoms with Crippen LogP contribution in [0.2, 0.25) is 0 Å². The first kappa shape index (κ1) is 14.2. The number of hydrogen-bond donors (Lipinski definition) is 2. The van der Waals surface area contributed by atoms with Gasteiger partial charge in [-0.2, -0.15) is 10.2 Å². The Morgan fingerprint density at radius 3 is 2.90 bits per heavy atom. The van der Waals surface area contributed by atoms with Crippen LogP contribution in [0.15, 0.2) is 12.4 Å². The fourth-order valence-corrected chi connectivity index (χ4v) is 1.88. The van der Waals surface area contributed by atoms with Crippen molar-refractivity contribution in [1.29, 1.82) is 0 Å². The van der Waals surface area contributed by atoms with Crippen LogP contribution in [0.3, 0.4) is 0 Å². The number of rotatable bonds is 6. The highest BCUT2D eigenvalue weighted by Crippen LogP contribution is 2.14. The zero-order chi connectivity index (χ0) is 14.5. The first-order valence-corrected chi connectivity index (χ1v) is 6.82. The van der Waals surface area contributed by atoms with Crippen molar-refractivity contribution < 1.29 is 4.79 Å². The minimum absolute atomic E-state index is 0.106. The number of aryl methyl sites for hydroxylation is 1. The average Bonchev–Trinajstić information content (AvgIpc) is 3.07. The highest BCUT2D eigenvalue weighted by atomic mass is 16.2. The number of carbonyl (C=O) groups excluding carboxylic acids is 1. The maximum Gasteiger partial charge on any atom is 0.269 e. The van der Waals surface area contributed by atoms with E-state index in [-0.39, 0.29) is 5.91 Å². The van der Waals surface area contributed by atoms with Crippen molar-refractivity contribution in [3.63, 3.8) is 0 Å². The topological polar surface area (TPSA) is 88.5 Å². The molecule has 1 amide bonds. The fourth-order valence-electron chi connectivity index (χ4n) is 1.88. The van der Waals surface area contributed by atoms with Gasteiger partial charge in [0.15, 0.2) is 0 Å². The van der Waals surface area contributed by atoms with E-state index in [0.29, 0.717) is 31.1 Å². The first-order valence-electron chi connectivity index (χ1n) is 6.82. The molecule has 0 fully saturated rings. The van der Waals surface area contributed by atoms with Gasteiger partial charge < -0.3 is 5.32 Å². The number of hydrogen-bond acceptors (Lipinski definition) is 4. The quantitative estimate of drug-likeness (QED) is 0.827. The zero-order valence-electron chi connectivity index (χ0n) is 12.1. The molecule has 0 saturated carbocycles. The number of nitrogens with one attached hydrogen (secondary N) is 2. The van der Waals surface area contributed by atoms with Gasteiger partial charge in [0.1, 0.15) is 17.8 Å². The largest absolute Gasteiger partial charge is 0.350 e. The van der Waals surface area contributed by atoms with Crippen molar-refractivity contribution in [2.45, 2.75) is 39.7 Å². The SMILES string of the molecule is CCn1nc(C(C)C)cc1C(=O)NCCc1ncn[nH]1. The molecule has 0 aliphatic heterocycles. The Balaban J connectivity index is 1.97. The third kappa shape index (κ3) is 3.23. The minimum Gasteiger partial charge on any atom is -0.350 e. The van der Waals surface area contributed by atoms with E-state index in [1.165, 1.54) is 6.33 Å². The van der Waals surface area contributed by atoms with Gasteiger partial charge >= 0.3 is 0 Å². The number of aromatic nitrogens is 5. The summed E-state index contributed by atoms with van der Waals surface area (Å²) in [5.41, 5.74) is 1.54. The number of nitrogens with zero attached hydrogens (tertiary/aromatic N) is 4. The van der Waals surface area contributed by atoms with Crippen molar-refractivity contribution in [2.75, 3.05) is 6.54 Å². The normalized spacial score (nSPS) is 11.0. The van der Waals surface area contributed by atoms with Gasteiger partial charge in [0.25, 0.3) is 5.91 Å². The van der Waals surface area contributed by atoms with Gasteiger partial charge in [0.2, 0.25) is 0 Å². The van der Waals surface area contributed by atoms with Crippen LogP contribution in [0, 0.1) is 0 Å². The number of aromatic amines is 1. The van der Waals surface area contributed by atoms with Crippen molar-refractivity contribution in [1.82, 2.24) is 30.3 Å². The van der Waals surface area contributed by atoms with Gasteiger partial charge in [-0.25, -0.2) is 4.98 Å². The monoisotopic (exact) mass is 276 g/mol. The Labute approximate surface area is 117 Å². The summed E-state index contributed by atoms with van der Waals surface area (Å²) in [6, 6.07) is 1.86. The molecule has 0 aliphatic rings. The Bertz CT molecular complexity index is 557. The smallest absolute Gasteiger partial charge is 0.269 e. The van der Waals surface area contributed by atoms with E-state index in [4.69, 9.17) is 0 Å². The van der Waals surface area contributed by atoms with E-state index < -0.39 is 0 Å². The molecular weight excluding hydrogens is 256 g/mol. The van der Waals surface area contributed by atoms with Gasteiger partial charge in [-0.1, -0.05) is 13.8 Å². The molecule has 0 unspecified atom stereocenters. The molecule has 20 heavy (non-hydrogen) atoms. The van der Waals surface area contributed by atoms with Crippen molar-refractivity contribution >= 4 is 5.91 Å². The molecule has 108 valence electrons. The highest BCUT2D eigenvalue weighted by molar-refractivity contribution is 5.92. The van der Waals surface area contributed by atoms with E-state index in [1.807, 2.05) is 13.0 Å². The number of H-pyrrole nitrogens is 1. The van der Waals surface area contributed by atoms with Gasteiger partial charge in [0, 0.05) is 19.5 Å². The Hall–Kier alpha value is -2.18. The maximum atomic E-state index is 12.2. The Kier molecular flexibility index (Phi) is 4.49. The Morgan fingerprint density at radius 2 is 2.30 bits per heavy atom. The van der Waals surface area contributed by atoms with Gasteiger partial charge in [0.05, 0.1) is 5.69 Å². The van der Waals surface area contributed by atoms with Crippen LogP contribution in [-0.2, 0) is 13.0 Å². The zero-order valence-corrected chi connectivity index (χ0v) is 12.1. The molecule has 0 atom stereocenters. The second-order valence-electron chi connectivity index (χ2n) is 4.86. The second kappa shape index (κ2) is 6.31. The number of amides is 1. The molecule has 2 N–H and O–H groups in total. The summed E-state index contributed by atoms with van der Waals surface area (Å²) >= 11 is 0. The van der Waals surface area contributed by atoms with Crippen LogP contribution < -0.4 is 5.32 Å². The highest BCUT2D eigenvalue weighted by Gasteiger charge is 2.15. The van der Waals surface area contributed by atoms with E-state index in [0.717, 1.165) is 11.5 Å². The average molecular weight is 276 g/mol. The third-order valence-corrected chi connectivity index (χ3v) is 3.03. The molecule has 0 aliphatic carbocycles. The molecule has 2 aromatic heterocycles. The lowest BCUT2D eigenvalue weighted by molar-refractivity contribution is 0.0943. The molecule has 2 rings (SSSR count). The third-order valence-electron chi connectivity index (χ3n) is 3.03. The molecule has 0 aromatic carbocycles. The standard InChI is InChI=1S/C13H20N6O/c1-4-19-11(7-10(18-19)9(2)3)13(20)14-6-5-12-15-8-16-17-12/h7-9H,4-6H2,1-3H3,(H,14,20)(H,15,16,17). The van der Waals surface area contributed by atoms with Crippen LogP contribution in [-0.4, -0.2) is 37.4 Å². The summed E-state index contributed by atoms with van der Waals surface area (Å²) in [5.74, 6) is 0.964. The predicted octanol–water partition coefficient (Wildman–Crippen LogP) is 1.12. The summed E-state index contributed by atoms with van der Waals surface area (Å²) in [4.78, 5) is 16.2. The number of carbonyl (C=O) groups is 1. The van der Waals surface area contributed by atoms with E-state index in [2.05, 4.69) is 39.4 Å². The second-order valence-corrected chi connectivity index (χ2v) is 4.86. The lowest BCUT2D eigenvalue weighted by Gasteiger charge is -2.05. The van der Waals surface area contributed by atoms with Crippen LogP contribution in [0.1, 0.15) is 48.7 Å². The predicted molar refractivity (Wildman–Crippen MR) is 74.4 cm³/mol. The molecule has 0 saturated heterocycles. The molecule has 0 spiro atoms. The van der Waals surface area contributed by atoms with E-state index in [9.17, 15) is 4.79 Å². The van der Waals surface area contributed by atoms with Crippen molar-refractivity contribution in [3.05, 3.63) is 29.6 Å². The van der Waals surface area contributed by atoms with E-state index >= 15 is 0 Å². The summed E-state index contributed by atoms with van der Waals surface area (Å²) in [5, 5.41) is 13.8. The molecule has 7 heteroatoms. The van der Waals surface area contributed by atoms with Crippen molar-refractivity contribution in [3.8, 4) is 0 Å². The fraction of sp³-hybridized carbons (Fsp3) is 0.538. The van der Waals surface area contributed by atoms with Crippen LogP contribution in [0.4, 0.5) is 0 Å². The molecule has 0 bridgehead atoms. The molecule has 7 nitrogen and oxygen atoms in total. The van der Waals surface area contributed by atoms with Gasteiger partial charge in [-0.3, -0.25) is 14.6 Å². The van der Waals surface area contributed by atoms with Crippen LogP contribution in [0.5, 0.6) is 0 Å². The Morgan fingerprint density at radius 1 is 1.50 bits per heavy atom.